The summed E-state index contributed by atoms with van der Waals surface area (Å²) in [6, 6.07) is 25.2. The first-order valence-electron chi connectivity index (χ1n) is 12.7. The van der Waals surface area contributed by atoms with Gasteiger partial charge in [0, 0.05) is 42.6 Å². The van der Waals surface area contributed by atoms with Gasteiger partial charge in [0.1, 0.15) is 0 Å². The molecule has 2 atom stereocenters. The van der Waals surface area contributed by atoms with E-state index in [1.54, 1.807) is 14.2 Å². The van der Waals surface area contributed by atoms with Crippen molar-refractivity contribution < 1.29 is 19.1 Å². The number of ketones is 2. The van der Waals surface area contributed by atoms with Gasteiger partial charge in [-0.2, -0.15) is 0 Å². The van der Waals surface area contributed by atoms with Crippen molar-refractivity contribution in [3.63, 3.8) is 0 Å². The minimum atomic E-state index is 0.111. The Labute approximate surface area is 214 Å². The molecular formula is C31H35NO4. The lowest BCUT2D eigenvalue weighted by atomic mass is 9.87. The number of carbonyl (C=O) groups is 2. The molecule has 0 amide bonds. The number of benzene rings is 3. The summed E-state index contributed by atoms with van der Waals surface area (Å²) >= 11 is 0. The van der Waals surface area contributed by atoms with Crippen molar-refractivity contribution in [2.75, 3.05) is 20.8 Å². The van der Waals surface area contributed by atoms with E-state index in [2.05, 4.69) is 11.0 Å². The van der Waals surface area contributed by atoms with Crippen molar-refractivity contribution in [1.82, 2.24) is 4.90 Å². The molecule has 0 aromatic heterocycles. The number of ether oxygens (including phenoxy) is 2. The Bertz CT molecular complexity index is 1080. The number of likely N-dealkylation sites (tertiary alicyclic amines) is 1. The maximum atomic E-state index is 13.1. The van der Waals surface area contributed by atoms with Crippen LogP contribution in [0.15, 0.2) is 78.9 Å². The molecular weight excluding hydrogens is 450 g/mol. The van der Waals surface area contributed by atoms with Gasteiger partial charge >= 0.3 is 0 Å². The predicted octanol–water partition coefficient (Wildman–Crippen LogP) is 6.02. The molecule has 1 saturated heterocycles. The van der Waals surface area contributed by atoms with Crippen molar-refractivity contribution in [2.24, 2.45) is 0 Å². The second kappa shape index (κ2) is 12.5. The van der Waals surface area contributed by atoms with E-state index in [1.165, 1.54) is 0 Å². The topological polar surface area (TPSA) is 55.8 Å². The Morgan fingerprint density at radius 2 is 1.28 bits per heavy atom. The summed E-state index contributed by atoms with van der Waals surface area (Å²) in [4.78, 5) is 28.6. The minimum absolute atomic E-state index is 0.111. The van der Waals surface area contributed by atoms with Gasteiger partial charge in [0.15, 0.2) is 23.1 Å². The van der Waals surface area contributed by atoms with E-state index in [0.29, 0.717) is 24.3 Å². The quantitative estimate of drug-likeness (QED) is 0.311. The zero-order valence-electron chi connectivity index (χ0n) is 21.2. The van der Waals surface area contributed by atoms with Crippen LogP contribution in [0.3, 0.4) is 0 Å². The van der Waals surface area contributed by atoms with Crippen LogP contribution in [0.2, 0.25) is 0 Å². The van der Waals surface area contributed by atoms with Crippen LogP contribution >= 0.6 is 0 Å². The second-order valence-electron chi connectivity index (χ2n) is 9.40. The standard InChI is InChI=1S/C31H35NO4/c1-35-30-17-16-23(20-31(30)36-2)18-19-32-26(21-28(33)24-10-5-3-6-11-24)14-9-15-27(32)22-29(34)25-12-7-4-8-13-25/h3-8,10-13,16-17,20,26-27H,9,14-15,18-19,21-22H2,1-2H3/t26-,27-/m1/s1. The average Bonchev–Trinajstić information content (AvgIpc) is 2.93. The zero-order valence-corrected chi connectivity index (χ0v) is 21.2. The largest absolute Gasteiger partial charge is 0.493 e. The molecule has 0 unspecified atom stereocenters. The van der Waals surface area contributed by atoms with Crippen LogP contribution in [0.1, 0.15) is 58.4 Å². The van der Waals surface area contributed by atoms with Gasteiger partial charge < -0.3 is 9.47 Å². The molecule has 0 N–H and O–H groups in total. The zero-order chi connectivity index (χ0) is 25.3. The molecule has 0 aliphatic carbocycles. The summed E-state index contributed by atoms with van der Waals surface area (Å²) in [5.41, 5.74) is 2.64. The Morgan fingerprint density at radius 1 is 0.750 bits per heavy atom. The first kappa shape index (κ1) is 25.6. The molecule has 1 fully saturated rings. The maximum Gasteiger partial charge on any atom is 0.164 e. The molecule has 5 heteroatoms. The molecule has 0 radical (unpaired) electrons. The van der Waals surface area contributed by atoms with Crippen molar-refractivity contribution in [1.29, 1.82) is 0 Å². The molecule has 0 spiro atoms. The fourth-order valence-electron chi connectivity index (χ4n) is 5.23. The van der Waals surface area contributed by atoms with Crippen molar-refractivity contribution in [3.8, 4) is 11.5 Å². The molecule has 0 bridgehead atoms. The van der Waals surface area contributed by atoms with Crippen LogP contribution in [-0.4, -0.2) is 49.3 Å². The molecule has 3 aromatic carbocycles. The van der Waals surface area contributed by atoms with Crippen LogP contribution < -0.4 is 9.47 Å². The summed E-state index contributed by atoms with van der Waals surface area (Å²) in [7, 11) is 3.27. The number of hydrogen-bond acceptors (Lipinski definition) is 5. The molecule has 4 rings (SSSR count). The molecule has 1 aliphatic rings. The van der Waals surface area contributed by atoms with Crippen LogP contribution in [0.5, 0.6) is 11.5 Å². The molecule has 188 valence electrons. The van der Waals surface area contributed by atoms with Gasteiger partial charge in [-0.05, 0) is 37.0 Å². The van der Waals surface area contributed by atoms with E-state index in [-0.39, 0.29) is 23.7 Å². The molecule has 36 heavy (non-hydrogen) atoms. The van der Waals surface area contributed by atoms with Crippen LogP contribution in [-0.2, 0) is 6.42 Å². The van der Waals surface area contributed by atoms with Crippen LogP contribution in [0, 0.1) is 0 Å². The summed E-state index contributed by atoms with van der Waals surface area (Å²) in [5, 5.41) is 0. The Kier molecular flexibility index (Phi) is 8.90. The lowest BCUT2D eigenvalue weighted by Gasteiger charge is -2.42. The van der Waals surface area contributed by atoms with E-state index in [0.717, 1.165) is 48.9 Å². The first-order chi connectivity index (χ1) is 17.6. The highest BCUT2D eigenvalue weighted by Gasteiger charge is 2.33. The van der Waals surface area contributed by atoms with Crippen molar-refractivity contribution >= 4 is 11.6 Å². The van der Waals surface area contributed by atoms with E-state index >= 15 is 0 Å². The van der Waals surface area contributed by atoms with Gasteiger partial charge in [-0.15, -0.1) is 0 Å². The number of methoxy groups -OCH3 is 2. The number of rotatable bonds is 11. The molecule has 3 aromatic rings. The molecule has 1 heterocycles. The number of carbonyl (C=O) groups excluding carboxylic acids is 2. The summed E-state index contributed by atoms with van der Waals surface area (Å²) < 4.78 is 10.9. The summed E-state index contributed by atoms with van der Waals surface area (Å²) in [6.07, 6.45) is 4.66. The number of hydrogen-bond donors (Lipinski definition) is 0. The van der Waals surface area contributed by atoms with Crippen molar-refractivity contribution in [3.05, 3.63) is 95.6 Å². The van der Waals surface area contributed by atoms with E-state index < -0.39 is 0 Å². The lowest BCUT2D eigenvalue weighted by Crippen LogP contribution is -2.49. The Hall–Kier alpha value is -3.44. The highest BCUT2D eigenvalue weighted by Crippen LogP contribution is 2.31. The number of Topliss-reactive ketones (excluding diaryl/α,β-unsaturated/α-hetero) is 2. The third-order valence-electron chi connectivity index (χ3n) is 7.15. The molecule has 0 saturated carbocycles. The highest BCUT2D eigenvalue weighted by molar-refractivity contribution is 5.97. The Balaban J connectivity index is 1.53. The smallest absolute Gasteiger partial charge is 0.164 e. The lowest BCUT2D eigenvalue weighted by molar-refractivity contribution is 0.0596. The highest BCUT2D eigenvalue weighted by atomic mass is 16.5. The summed E-state index contributed by atoms with van der Waals surface area (Å²) in [5.74, 6) is 1.73. The van der Waals surface area contributed by atoms with Gasteiger partial charge in [-0.1, -0.05) is 73.2 Å². The van der Waals surface area contributed by atoms with Gasteiger partial charge in [0.25, 0.3) is 0 Å². The molecule has 1 aliphatic heterocycles. The van der Waals surface area contributed by atoms with Gasteiger partial charge in [-0.3, -0.25) is 14.5 Å². The van der Waals surface area contributed by atoms with E-state index in [9.17, 15) is 9.59 Å². The maximum absolute atomic E-state index is 13.1. The van der Waals surface area contributed by atoms with Crippen molar-refractivity contribution in [2.45, 2.75) is 50.6 Å². The van der Waals surface area contributed by atoms with Gasteiger partial charge in [0.05, 0.1) is 14.2 Å². The van der Waals surface area contributed by atoms with Gasteiger partial charge in [-0.25, -0.2) is 0 Å². The van der Waals surface area contributed by atoms with Crippen LogP contribution in [0.25, 0.3) is 0 Å². The SMILES string of the molecule is COc1ccc(CCN2[C@@H](CC(=O)c3ccccc3)CCC[C@@H]2CC(=O)c2ccccc2)cc1OC. The molecule has 5 nitrogen and oxygen atoms in total. The fraction of sp³-hybridized carbons (Fsp3) is 0.355. The third-order valence-corrected chi connectivity index (χ3v) is 7.15. The third kappa shape index (κ3) is 6.41. The second-order valence-corrected chi connectivity index (χ2v) is 9.40. The van der Waals surface area contributed by atoms with E-state index in [4.69, 9.17) is 9.47 Å². The average molecular weight is 486 g/mol. The minimum Gasteiger partial charge on any atom is -0.493 e. The summed E-state index contributed by atoms with van der Waals surface area (Å²) in [6.45, 7) is 0.773. The monoisotopic (exact) mass is 485 g/mol. The first-order valence-corrected chi connectivity index (χ1v) is 12.7. The van der Waals surface area contributed by atoms with E-state index in [1.807, 2.05) is 72.8 Å². The number of piperidine rings is 1. The van der Waals surface area contributed by atoms with Gasteiger partial charge in [0.2, 0.25) is 0 Å². The van der Waals surface area contributed by atoms with Crippen LogP contribution in [0.4, 0.5) is 0 Å². The number of nitrogens with zero attached hydrogens (tertiary/aromatic N) is 1. The fourth-order valence-corrected chi connectivity index (χ4v) is 5.23. The Morgan fingerprint density at radius 3 is 1.78 bits per heavy atom. The predicted molar refractivity (Wildman–Crippen MR) is 142 cm³/mol. The normalized spacial score (nSPS) is 17.9.